The van der Waals surface area contributed by atoms with Gasteiger partial charge in [-0.05, 0) is 83.5 Å². The molecule has 7 rings (SSSR count). The first kappa shape index (κ1) is 34.6. The van der Waals surface area contributed by atoms with E-state index in [-0.39, 0.29) is 5.91 Å². The van der Waals surface area contributed by atoms with Crippen molar-refractivity contribution >= 4 is 17.7 Å². The molecule has 0 saturated heterocycles. The third kappa shape index (κ3) is 5.98. The van der Waals surface area contributed by atoms with Crippen molar-refractivity contribution < 1.29 is 14.3 Å². The highest BCUT2D eigenvalue weighted by atomic mass is 16.5. The van der Waals surface area contributed by atoms with Crippen molar-refractivity contribution in [1.29, 1.82) is 0 Å². The molecule has 4 heteroatoms. The van der Waals surface area contributed by atoms with E-state index in [0.717, 1.165) is 28.8 Å². The molecule has 0 N–H and O–H groups in total. The Balaban J connectivity index is 1.46. The summed E-state index contributed by atoms with van der Waals surface area (Å²) in [5, 5.41) is 0. The summed E-state index contributed by atoms with van der Waals surface area (Å²) in [5.41, 5.74) is 7.26. The normalized spacial score (nSPS) is 16.7. The molecule has 0 unspecified atom stereocenters. The van der Waals surface area contributed by atoms with Crippen LogP contribution >= 0.6 is 0 Å². The Morgan fingerprint density at radius 1 is 0.615 bits per heavy atom. The number of hydrogen-bond acceptors (Lipinski definition) is 3. The van der Waals surface area contributed by atoms with E-state index < -0.39 is 16.4 Å². The van der Waals surface area contributed by atoms with E-state index in [0.29, 0.717) is 11.5 Å². The van der Waals surface area contributed by atoms with Gasteiger partial charge in [0.15, 0.2) is 11.5 Å². The van der Waals surface area contributed by atoms with Crippen LogP contribution in [0.3, 0.4) is 0 Å². The Kier molecular flexibility index (Phi) is 9.33. The molecule has 1 aliphatic rings. The number of anilines is 1. The molecular weight excluding hydrogens is 639 g/mol. The molecule has 260 valence electrons. The van der Waals surface area contributed by atoms with Gasteiger partial charge in [0.25, 0.3) is 5.91 Å². The maximum Gasteiger partial charge on any atom is 0.251 e. The number of amides is 1. The Bertz CT molecular complexity index is 2100. The number of carbonyl (C=O) groups is 1. The first-order valence-corrected chi connectivity index (χ1v) is 17.8. The molecule has 1 aliphatic heterocycles. The number of methoxy groups -OCH3 is 2. The molecule has 0 saturated carbocycles. The Morgan fingerprint density at radius 2 is 1.13 bits per heavy atom. The largest absolute Gasteiger partial charge is 0.493 e. The molecule has 0 radical (unpaired) electrons. The predicted molar refractivity (Wildman–Crippen MR) is 212 cm³/mol. The standard InChI is InChI=1S/C48H45NO3/c1-46(2)34-47(3,36-18-10-6-11-19-36)41-33-40(28-29-42(41)49(46)45(50)31-27-35-26-30-43(51-4)44(32-35)52-5)48(37-20-12-7-13-21-37,38-22-14-8-15-23-38)39-24-16-9-17-25-39/h6-33H,34H2,1-5H3/b31-27-/t47-/m1/s1. The summed E-state index contributed by atoms with van der Waals surface area (Å²) in [5.74, 6) is 1.18. The SMILES string of the molecule is COc1ccc(/C=C\C(=O)N2c3ccc(C(c4ccccc4)(c4ccccc4)c4ccccc4)cc3[C@@](C)(c3ccccc3)CC2(C)C)cc1OC. The average Bonchev–Trinajstić information content (AvgIpc) is 3.18. The zero-order valence-corrected chi connectivity index (χ0v) is 30.5. The van der Waals surface area contributed by atoms with E-state index >= 15 is 0 Å². The summed E-state index contributed by atoms with van der Waals surface area (Å²) in [7, 11) is 3.23. The number of rotatable bonds is 9. The Hall–Kier alpha value is -5.87. The fourth-order valence-corrected chi connectivity index (χ4v) is 8.52. The molecule has 6 aromatic carbocycles. The topological polar surface area (TPSA) is 38.8 Å². The summed E-state index contributed by atoms with van der Waals surface area (Å²) < 4.78 is 11.0. The van der Waals surface area contributed by atoms with Crippen LogP contribution < -0.4 is 14.4 Å². The van der Waals surface area contributed by atoms with Crippen molar-refractivity contribution in [3.63, 3.8) is 0 Å². The second kappa shape index (κ2) is 14.0. The van der Waals surface area contributed by atoms with Crippen LogP contribution in [0.5, 0.6) is 11.5 Å². The molecule has 6 aromatic rings. The van der Waals surface area contributed by atoms with E-state index in [9.17, 15) is 4.79 Å². The molecule has 1 heterocycles. The van der Waals surface area contributed by atoms with Crippen LogP contribution in [0.25, 0.3) is 6.08 Å². The fraction of sp³-hybridized carbons (Fsp3) is 0.188. The van der Waals surface area contributed by atoms with Crippen LogP contribution in [-0.2, 0) is 15.6 Å². The van der Waals surface area contributed by atoms with E-state index in [1.54, 1.807) is 20.3 Å². The first-order valence-electron chi connectivity index (χ1n) is 17.8. The van der Waals surface area contributed by atoms with Gasteiger partial charge in [-0.2, -0.15) is 0 Å². The van der Waals surface area contributed by atoms with Gasteiger partial charge in [0.2, 0.25) is 0 Å². The number of ether oxygens (including phenoxy) is 2. The van der Waals surface area contributed by atoms with Crippen LogP contribution in [0.1, 0.15) is 66.1 Å². The maximum atomic E-state index is 14.5. The van der Waals surface area contributed by atoms with Gasteiger partial charge in [-0.3, -0.25) is 4.79 Å². The zero-order valence-electron chi connectivity index (χ0n) is 30.5. The molecule has 0 bridgehead atoms. The Labute approximate surface area is 308 Å². The van der Waals surface area contributed by atoms with Gasteiger partial charge in [-0.15, -0.1) is 0 Å². The first-order chi connectivity index (χ1) is 25.2. The van der Waals surface area contributed by atoms with Crippen molar-refractivity contribution in [2.75, 3.05) is 19.1 Å². The second-order valence-corrected chi connectivity index (χ2v) is 14.4. The van der Waals surface area contributed by atoms with Crippen LogP contribution in [0.15, 0.2) is 164 Å². The number of carbonyl (C=O) groups excluding carboxylic acids is 1. The average molecular weight is 684 g/mol. The number of fused-ring (bicyclic) bond motifs is 1. The summed E-state index contributed by atoms with van der Waals surface area (Å²) in [6.07, 6.45) is 4.25. The van der Waals surface area contributed by atoms with Crippen LogP contribution in [-0.4, -0.2) is 25.7 Å². The number of benzene rings is 6. The summed E-state index contributed by atoms with van der Waals surface area (Å²) in [6, 6.07) is 55.5. The van der Waals surface area contributed by atoms with Gasteiger partial charge in [0.05, 0.1) is 19.6 Å². The van der Waals surface area contributed by atoms with Crippen molar-refractivity contribution in [1.82, 2.24) is 0 Å². The molecular formula is C48H45NO3. The quantitative estimate of drug-likeness (QED) is 0.112. The van der Waals surface area contributed by atoms with Crippen LogP contribution in [0.4, 0.5) is 5.69 Å². The lowest BCUT2D eigenvalue weighted by atomic mass is 9.61. The smallest absolute Gasteiger partial charge is 0.251 e. The molecule has 0 spiro atoms. The highest BCUT2D eigenvalue weighted by Gasteiger charge is 2.49. The van der Waals surface area contributed by atoms with Gasteiger partial charge >= 0.3 is 0 Å². The van der Waals surface area contributed by atoms with E-state index in [4.69, 9.17) is 9.47 Å². The van der Waals surface area contributed by atoms with E-state index in [1.165, 1.54) is 22.3 Å². The number of nitrogens with zero attached hydrogens (tertiary/aromatic N) is 1. The molecule has 0 aromatic heterocycles. The lowest BCUT2D eigenvalue weighted by Gasteiger charge is -2.51. The van der Waals surface area contributed by atoms with Gasteiger partial charge in [-0.1, -0.05) is 146 Å². The third-order valence-corrected chi connectivity index (χ3v) is 10.7. The van der Waals surface area contributed by atoms with Crippen molar-refractivity contribution in [2.24, 2.45) is 0 Å². The molecule has 4 nitrogen and oxygen atoms in total. The van der Waals surface area contributed by atoms with Gasteiger partial charge in [-0.25, -0.2) is 0 Å². The minimum absolute atomic E-state index is 0.0793. The fourth-order valence-electron chi connectivity index (χ4n) is 8.52. The lowest BCUT2D eigenvalue weighted by molar-refractivity contribution is -0.115. The third-order valence-electron chi connectivity index (χ3n) is 10.7. The van der Waals surface area contributed by atoms with E-state index in [2.05, 4.69) is 160 Å². The minimum Gasteiger partial charge on any atom is -0.493 e. The van der Waals surface area contributed by atoms with Crippen molar-refractivity contribution in [2.45, 2.75) is 43.6 Å². The summed E-state index contributed by atoms with van der Waals surface area (Å²) in [6.45, 7) is 6.69. The summed E-state index contributed by atoms with van der Waals surface area (Å²) in [4.78, 5) is 16.5. The predicted octanol–water partition coefficient (Wildman–Crippen LogP) is 10.6. The highest BCUT2D eigenvalue weighted by molar-refractivity contribution is 6.06. The molecule has 52 heavy (non-hydrogen) atoms. The molecule has 0 fully saturated rings. The van der Waals surface area contributed by atoms with Crippen molar-refractivity contribution in [3.05, 3.63) is 203 Å². The van der Waals surface area contributed by atoms with Gasteiger partial charge < -0.3 is 14.4 Å². The van der Waals surface area contributed by atoms with Crippen LogP contribution in [0.2, 0.25) is 0 Å². The van der Waals surface area contributed by atoms with Crippen LogP contribution in [0, 0.1) is 0 Å². The van der Waals surface area contributed by atoms with Crippen molar-refractivity contribution in [3.8, 4) is 11.5 Å². The monoisotopic (exact) mass is 683 g/mol. The highest BCUT2D eigenvalue weighted by Crippen LogP contribution is 2.53. The van der Waals surface area contributed by atoms with Gasteiger partial charge in [0, 0.05) is 22.7 Å². The molecule has 1 atom stereocenters. The summed E-state index contributed by atoms with van der Waals surface area (Å²) >= 11 is 0. The lowest BCUT2D eigenvalue weighted by Crippen LogP contribution is -2.55. The second-order valence-electron chi connectivity index (χ2n) is 14.4. The van der Waals surface area contributed by atoms with Gasteiger partial charge in [0.1, 0.15) is 0 Å². The Morgan fingerprint density at radius 3 is 1.65 bits per heavy atom. The number of hydrogen-bond donors (Lipinski definition) is 0. The minimum atomic E-state index is -0.620. The zero-order chi connectivity index (χ0) is 36.3. The molecule has 0 aliphatic carbocycles. The van der Waals surface area contributed by atoms with E-state index in [1.807, 2.05) is 29.2 Å². The molecule has 1 amide bonds. The maximum absolute atomic E-state index is 14.5.